The molecular weight excluding hydrogens is 259 g/mol. The first-order valence-electron chi connectivity index (χ1n) is 4.98. The number of rotatable bonds is 3. The van der Waals surface area contributed by atoms with Crippen LogP contribution in [-0.2, 0) is 0 Å². The predicted octanol–water partition coefficient (Wildman–Crippen LogP) is 3.32. The van der Waals surface area contributed by atoms with Gasteiger partial charge < -0.3 is 10.4 Å². The monoisotopic (exact) mass is 266 g/mol. The van der Waals surface area contributed by atoms with Gasteiger partial charge >= 0.3 is 5.97 Å². The number of carbonyl (C=O) groups is 1. The highest BCUT2D eigenvalue weighted by Gasteiger charge is 2.15. The zero-order valence-corrected chi connectivity index (χ0v) is 9.78. The van der Waals surface area contributed by atoms with E-state index >= 15 is 0 Å². The van der Waals surface area contributed by atoms with Gasteiger partial charge in [-0.05, 0) is 24.3 Å². The van der Waals surface area contributed by atoms with E-state index in [-0.39, 0.29) is 5.82 Å². The molecule has 2 N–H and O–H groups in total. The molecule has 92 valence electrons. The molecule has 1 aromatic heterocycles. The molecule has 1 aromatic carbocycles. The van der Waals surface area contributed by atoms with Gasteiger partial charge in [-0.2, -0.15) is 0 Å². The second-order valence-corrected chi connectivity index (χ2v) is 3.90. The topological polar surface area (TPSA) is 62.2 Å². The summed E-state index contributed by atoms with van der Waals surface area (Å²) < 4.78 is 13.8. The van der Waals surface area contributed by atoms with Crippen molar-refractivity contribution in [3.8, 4) is 0 Å². The van der Waals surface area contributed by atoms with Gasteiger partial charge in [-0.1, -0.05) is 17.7 Å². The molecule has 18 heavy (non-hydrogen) atoms. The Morgan fingerprint density at radius 1 is 1.39 bits per heavy atom. The molecule has 0 spiro atoms. The van der Waals surface area contributed by atoms with Gasteiger partial charge in [-0.3, -0.25) is 0 Å². The molecule has 0 unspecified atom stereocenters. The van der Waals surface area contributed by atoms with Crippen molar-refractivity contribution >= 4 is 29.1 Å². The average Bonchev–Trinajstić information content (AvgIpc) is 2.31. The highest BCUT2D eigenvalue weighted by atomic mass is 35.5. The summed E-state index contributed by atoms with van der Waals surface area (Å²) in [4.78, 5) is 14.5. The molecule has 0 fully saturated rings. The summed E-state index contributed by atoms with van der Waals surface area (Å²) in [6.07, 6.45) is 1.22. The first-order chi connectivity index (χ1) is 8.58. The molecule has 2 aromatic rings. The number of hydrogen-bond acceptors (Lipinski definition) is 3. The van der Waals surface area contributed by atoms with Crippen molar-refractivity contribution in [2.45, 2.75) is 0 Å². The van der Waals surface area contributed by atoms with E-state index < -0.39 is 17.3 Å². The fourth-order valence-electron chi connectivity index (χ4n) is 1.40. The predicted molar refractivity (Wildman–Crippen MR) is 65.9 cm³/mol. The maximum atomic E-state index is 13.8. The van der Waals surface area contributed by atoms with Crippen molar-refractivity contribution < 1.29 is 14.3 Å². The van der Waals surface area contributed by atoms with Gasteiger partial charge in [0, 0.05) is 16.9 Å². The number of benzene rings is 1. The van der Waals surface area contributed by atoms with Crippen LogP contribution < -0.4 is 5.32 Å². The van der Waals surface area contributed by atoms with Crippen molar-refractivity contribution in [2.24, 2.45) is 0 Å². The Bertz CT molecular complexity index is 604. The van der Waals surface area contributed by atoms with Gasteiger partial charge in [-0.15, -0.1) is 0 Å². The number of aromatic carboxylic acids is 1. The molecular formula is C12H8ClFN2O2. The number of carboxylic acids is 1. The van der Waals surface area contributed by atoms with Gasteiger partial charge in [0.05, 0.1) is 0 Å². The molecule has 0 atom stereocenters. The first-order valence-corrected chi connectivity index (χ1v) is 5.36. The fourth-order valence-corrected chi connectivity index (χ4v) is 1.59. The van der Waals surface area contributed by atoms with Crippen LogP contribution in [0.1, 0.15) is 10.4 Å². The summed E-state index contributed by atoms with van der Waals surface area (Å²) in [5, 5.41) is 11.9. The Morgan fingerprint density at radius 3 is 2.83 bits per heavy atom. The second-order valence-electron chi connectivity index (χ2n) is 3.46. The van der Waals surface area contributed by atoms with Gasteiger partial charge in [-0.25, -0.2) is 14.2 Å². The van der Waals surface area contributed by atoms with Crippen molar-refractivity contribution in [1.82, 2.24) is 4.98 Å². The van der Waals surface area contributed by atoms with E-state index in [1.807, 2.05) is 0 Å². The van der Waals surface area contributed by atoms with Gasteiger partial charge in [0.15, 0.2) is 11.6 Å². The maximum absolute atomic E-state index is 13.8. The minimum atomic E-state index is -1.34. The van der Waals surface area contributed by atoms with Crippen molar-refractivity contribution in [1.29, 1.82) is 0 Å². The molecule has 0 saturated heterocycles. The smallest absolute Gasteiger partial charge is 0.338 e. The number of carboxylic acid groups (broad SMARTS) is 1. The first kappa shape index (κ1) is 12.3. The second kappa shape index (κ2) is 5.01. The van der Waals surface area contributed by atoms with Crippen LogP contribution in [0.2, 0.25) is 5.02 Å². The Morgan fingerprint density at radius 2 is 2.17 bits per heavy atom. The normalized spacial score (nSPS) is 10.1. The maximum Gasteiger partial charge on any atom is 0.338 e. The van der Waals surface area contributed by atoms with E-state index in [0.29, 0.717) is 10.7 Å². The number of nitrogens with one attached hydrogen (secondary N) is 1. The molecule has 6 heteroatoms. The zero-order valence-electron chi connectivity index (χ0n) is 9.02. The third-order valence-electron chi connectivity index (χ3n) is 2.21. The third kappa shape index (κ3) is 2.57. The van der Waals surface area contributed by atoms with Crippen LogP contribution in [0.15, 0.2) is 36.5 Å². The van der Waals surface area contributed by atoms with E-state index in [9.17, 15) is 9.18 Å². The lowest BCUT2D eigenvalue weighted by Gasteiger charge is -2.08. The number of halogens is 2. The summed E-state index contributed by atoms with van der Waals surface area (Å²) in [6, 6.07) is 7.70. The molecule has 0 aliphatic rings. The summed E-state index contributed by atoms with van der Waals surface area (Å²) in [5.41, 5.74) is 0.0889. The Kier molecular flexibility index (Phi) is 3.43. The Balaban J connectivity index is 2.35. The zero-order chi connectivity index (χ0) is 13.1. The van der Waals surface area contributed by atoms with Gasteiger partial charge in [0.1, 0.15) is 5.56 Å². The Hall–Kier alpha value is -2.14. The van der Waals surface area contributed by atoms with Crippen LogP contribution in [0.5, 0.6) is 0 Å². The molecule has 4 nitrogen and oxygen atoms in total. The molecule has 0 amide bonds. The largest absolute Gasteiger partial charge is 0.478 e. The molecule has 0 radical (unpaired) electrons. The quantitative estimate of drug-likeness (QED) is 0.895. The molecule has 0 aliphatic heterocycles. The molecule has 0 saturated carbocycles. The molecule has 2 rings (SSSR count). The van der Waals surface area contributed by atoms with Crippen LogP contribution in [0.25, 0.3) is 0 Å². The van der Waals surface area contributed by atoms with Crippen molar-refractivity contribution in [2.75, 3.05) is 5.32 Å². The van der Waals surface area contributed by atoms with Crippen LogP contribution in [0.3, 0.4) is 0 Å². The minimum Gasteiger partial charge on any atom is -0.478 e. The number of aromatic nitrogens is 1. The molecule has 1 heterocycles. The van der Waals surface area contributed by atoms with E-state index in [4.69, 9.17) is 16.7 Å². The van der Waals surface area contributed by atoms with E-state index in [1.54, 1.807) is 24.3 Å². The van der Waals surface area contributed by atoms with E-state index in [0.717, 1.165) is 6.07 Å². The summed E-state index contributed by atoms with van der Waals surface area (Å²) in [7, 11) is 0. The highest BCUT2D eigenvalue weighted by Crippen LogP contribution is 2.22. The number of hydrogen-bond donors (Lipinski definition) is 2. The summed E-state index contributed by atoms with van der Waals surface area (Å²) >= 11 is 5.78. The number of nitrogens with zero attached hydrogens (tertiary/aromatic N) is 1. The lowest BCUT2D eigenvalue weighted by Crippen LogP contribution is -2.05. The standard InChI is InChI=1S/C12H8ClFN2O2/c13-7-2-1-3-8(6-7)16-11-10(14)9(12(17)18)4-5-15-11/h1-6H,(H,15,16)(H,17,18). The van der Waals surface area contributed by atoms with Crippen molar-refractivity contribution in [3.05, 3.63) is 52.9 Å². The van der Waals surface area contributed by atoms with Crippen LogP contribution in [0, 0.1) is 5.82 Å². The van der Waals surface area contributed by atoms with Crippen LogP contribution in [0.4, 0.5) is 15.9 Å². The molecule has 0 bridgehead atoms. The van der Waals surface area contributed by atoms with Gasteiger partial charge in [0.25, 0.3) is 0 Å². The number of anilines is 2. The lowest BCUT2D eigenvalue weighted by molar-refractivity contribution is 0.0692. The van der Waals surface area contributed by atoms with Crippen LogP contribution >= 0.6 is 11.6 Å². The Labute approximate surface area is 107 Å². The van der Waals surface area contributed by atoms with E-state index in [1.165, 1.54) is 6.20 Å². The minimum absolute atomic E-state index is 0.155. The van der Waals surface area contributed by atoms with E-state index in [2.05, 4.69) is 10.3 Å². The van der Waals surface area contributed by atoms with Crippen LogP contribution in [-0.4, -0.2) is 16.1 Å². The average molecular weight is 267 g/mol. The van der Waals surface area contributed by atoms with Gasteiger partial charge in [0.2, 0.25) is 0 Å². The summed E-state index contributed by atoms with van der Waals surface area (Å²) in [5.74, 6) is -2.41. The third-order valence-corrected chi connectivity index (χ3v) is 2.44. The number of pyridine rings is 1. The summed E-state index contributed by atoms with van der Waals surface area (Å²) in [6.45, 7) is 0. The molecule has 0 aliphatic carbocycles. The fraction of sp³-hybridized carbons (Fsp3) is 0. The SMILES string of the molecule is O=C(O)c1ccnc(Nc2cccc(Cl)c2)c1F. The van der Waals surface area contributed by atoms with Crippen molar-refractivity contribution in [3.63, 3.8) is 0 Å². The highest BCUT2D eigenvalue weighted by molar-refractivity contribution is 6.30. The lowest BCUT2D eigenvalue weighted by atomic mass is 10.2.